The third-order valence-electron chi connectivity index (χ3n) is 5.41. The minimum atomic E-state index is -8.00. The maximum Gasteiger partial charge on any atom is 0.460 e. The SMILES string of the molecule is C=C(C)c1cccc(C(C)CN(CCC(F)(F)C(F)(F)C(F)(F)C(F)(F)C(F)(F)C(F)(F)F)C(=O)O)c1. The Kier molecular flexibility index (Phi) is 8.95. The molecule has 0 saturated carbocycles. The first-order chi connectivity index (χ1) is 16.3. The molecule has 0 aliphatic heterocycles. The normalized spacial score (nSPS) is 14.9. The number of nitrogens with zero attached hydrogens (tertiary/aromatic N) is 1. The molecule has 1 unspecified atom stereocenters. The zero-order valence-electron chi connectivity index (χ0n) is 18.9. The van der Waals surface area contributed by atoms with Crippen LogP contribution in [0.2, 0.25) is 0 Å². The second-order valence-electron chi connectivity index (χ2n) is 8.29. The number of benzene rings is 1. The first-order valence-corrected chi connectivity index (χ1v) is 10.0. The number of carbonyl (C=O) groups is 1. The third-order valence-corrected chi connectivity index (χ3v) is 5.41. The van der Waals surface area contributed by atoms with Crippen LogP contribution in [-0.4, -0.2) is 65.0 Å². The van der Waals surface area contributed by atoms with Gasteiger partial charge in [0.15, 0.2) is 0 Å². The van der Waals surface area contributed by atoms with Crippen LogP contribution < -0.4 is 0 Å². The molecule has 1 N–H and O–H groups in total. The van der Waals surface area contributed by atoms with E-state index in [0.717, 1.165) is 0 Å². The molecule has 1 rings (SSSR count). The van der Waals surface area contributed by atoms with Gasteiger partial charge in [-0.15, -0.1) is 0 Å². The number of rotatable bonds is 11. The summed E-state index contributed by atoms with van der Waals surface area (Å²) in [4.78, 5) is 11.4. The lowest BCUT2D eigenvalue weighted by Crippen LogP contribution is -2.70. The highest BCUT2D eigenvalue weighted by atomic mass is 19.4. The molecule has 1 aromatic carbocycles. The van der Waals surface area contributed by atoms with E-state index in [1.807, 2.05) is 0 Å². The molecule has 0 radical (unpaired) electrons. The molecule has 0 aromatic heterocycles. The second-order valence-corrected chi connectivity index (χ2v) is 8.29. The zero-order chi connectivity index (χ0) is 29.4. The van der Waals surface area contributed by atoms with Crippen molar-refractivity contribution < 1.29 is 67.0 Å². The van der Waals surface area contributed by atoms with Crippen LogP contribution in [0.4, 0.5) is 61.9 Å². The Morgan fingerprint density at radius 2 is 1.38 bits per heavy atom. The summed E-state index contributed by atoms with van der Waals surface area (Å²) in [5, 5.41) is 9.18. The van der Waals surface area contributed by atoms with E-state index in [4.69, 9.17) is 0 Å². The molecule has 212 valence electrons. The number of amides is 1. The van der Waals surface area contributed by atoms with Crippen LogP contribution in [0.25, 0.3) is 5.57 Å². The van der Waals surface area contributed by atoms with E-state index in [1.54, 1.807) is 13.0 Å². The van der Waals surface area contributed by atoms with Crippen molar-refractivity contribution in [1.29, 1.82) is 0 Å². The molecular formula is C21H20F13NO2. The Bertz CT molecular complexity index is 989. The summed E-state index contributed by atoms with van der Waals surface area (Å²) in [6, 6.07) is 6.14. The Balaban J connectivity index is 3.20. The minimum absolute atomic E-state index is 0.0443. The van der Waals surface area contributed by atoms with Gasteiger partial charge in [0.05, 0.1) is 0 Å². The maximum absolute atomic E-state index is 14.0. The molecule has 0 spiro atoms. The lowest BCUT2D eigenvalue weighted by molar-refractivity contribution is -0.440. The van der Waals surface area contributed by atoms with Crippen LogP contribution in [0, 0.1) is 0 Å². The molecule has 37 heavy (non-hydrogen) atoms. The molecule has 1 amide bonds. The molecule has 0 saturated heterocycles. The molecule has 0 heterocycles. The number of allylic oxidation sites excluding steroid dienone is 1. The van der Waals surface area contributed by atoms with Gasteiger partial charge in [-0.3, -0.25) is 0 Å². The molecule has 0 aliphatic carbocycles. The molecule has 3 nitrogen and oxygen atoms in total. The van der Waals surface area contributed by atoms with Gasteiger partial charge in [-0.1, -0.05) is 43.3 Å². The lowest BCUT2D eigenvalue weighted by Gasteiger charge is -2.40. The fourth-order valence-electron chi connectivity index (χ4n) is 3.05. The number of hydrogen-bond acceptors (Lipinski definition) is 1. The highest BCUT2D eigenvalue weighted by Gasteiger charge is 2.90. The summed E-state index contributed by atoms with van der Waals surface area (Å²) in [6.45, 7) is 4.28. The fourth-order valence-corrected chi connectivity index (χ4v) is 3.05. The summed E-state index contributed by atoms with van der Waals surface area (Å²) in [5.74, 6) is -38.3. The smallest absolute Gasteiger partial charge is 0.460 e. The maximum atomic E-state index is 14.0. The van der Waals surface area contributed by atoms with Crippen molar-refractivity contribution in [2.75, 3.05) is 13.1 Å². The second kappa shape index (κ2) is 10.2. The van der Waals surface area contributed by atoms with Crippen LogP contribution >= 0.6 is 0 Å². The molecule has 0 fully saturated rings. The summed E-state index contributed by atoms with van der Waals surface area (Å²) in [5.41, 5.74) is 1.58. The predicted molar refractivity (Wildman–Crippen MR) is 105 cm³/mol. The van der Waals surface area contributed by atoms with Crippen molar-refractivity contribution in [3.63, 3.8) is 0 Å². The summed E-state index contributed by atoms with van der Waals surface area (Å²) >= 11 is 0. The van der Waals surface area contributed by atoms with Crippen molar-refractivity contribution in [3.05, 3.63) is 42.0 Å². The van der Waals surface area contributed by atoms with Gasteiger partial charge in [0, 0.05) is 19.5 Å². The van der Waals surface area contributed by atoms with Gasteiger partial charge >= 0.3 is 41.9 Å². The van der Waals surface area contributed by atoms with Crippen molar-refractivity contribution in [2.45, 2.75) is 62.0 Å². The van der Waals surface area contributed by atoms with Crippen molar-refractivity contribution in [3.8, 4) is 0 Å². The van der Waals surface area contributed by atoms with E-state index in [9.17, 15) is 67.0 Å². The zero-order valence-corrected chi connectivity index (χ0v) is 18.9. The molecule has 16 heteroatoms. The van der Waals surface area contributed by atoms with Crippen molar-refractivity contribution in [1.82, 2.24) is 4.90 Å². The van der Waals surface area contributed by atoms with Gasteiger partial charge in [-0.05, 0) is 24.0 Å². The first-order valence-electron chi connectivity index (χ1n) is 10.0. The number of halogens is 13. The first kappa shape index (κ1) is 32.3. The molecule has 1 aromatic rings. The monoisotopic (exact) mass is 565 g/mol. The Labute approximate surface area is 201 Å². The molecule has 1 atom stereocenters. The van der Waals surface area contributed by atoms with Gasteiger partial charge in [0.1, 0.15) is 0 Å². The summed E-state index contributed by atoms with van der Waals surface area (Å²) in [6.07, 6.45) is -12.1. The summed E-state index contributed by atoms with van der Waals surface area (Å²) < 4.78 is 172. The van der Waals surface area contributed by atoms with E-state index in [2.05, 4.69) is 6.58 Å². The van der Waals surface area contributed by atoms with E-state index in [0.29, 0.717) is 16.7 Å². The van der Waals surface area contributed by atoms with Crippen molar-refractivity contribution >= 4 is 11.7 Å². The molecular weight excluding hydrogens is 545 g/mol. The highest BCUT2D eigenvalue weighted by molar-refractivity contribution is 5.65. The van der Waals surface area contributed by atoms with Crippen LogP contribution in [0.15, 0.2) is 30.8 Å². The van der Waals surface area contributed by atoms with Gasteiger partial charge in [-0.2, -0.15) is 57.1 Å². The quantitative estimate of drug-likeness (QED) is 0.277. The number of alkyl halides is 13. The van der Waals surface area contributed by atoms with Crippen LogP contribution in [0.3, 0.4) is 0 Å². The molecule has 0 bridgehead atoms. The third kappa shape index (κ3) is 5.92. The Morgan fingerprint density at radius 3 is 1.81 bits per heavy atom. The van der Waals surface area contributed by atoms with Gasteiger partial charge in [-0.25, -0.2) is 4.79 Å². The number of carboxylic acid groups (broad SMARTS) is 1. The average molecular weight is 565 g/mol. The molecule has 0 aliphatic rings. The summed E-state index contributed by atoms with van der Waals surface area (Å²) in [7, 11) is 0. The number of hydrogen-bond donors (Lipinski definition) is 1. The van der Waals surface area contributed by atoms with Crippen LogP contribution in [-0.2, 0) is 0 Å². The van der Waals surface area contributed by atoms with E-state index < -0.39 is 67.3 Å². The fraction of sp³-hybridized carbons (Fsp3) is 0.571. The van der Waals surface area contributed by atoms with Crippen LogP contribution in [0.5, 0.6) is 0 Å². The minimum Gasteiger partial charge on any atom is -0.465 e. The topological polar surface area (TPSA) is 40.5 Å². The van der Waals surface area contributed by atoms with E-state index in [1.165, 1.54) is 25.1 Å². The van der Waals surface area contributed by atoms with E-state index in [-0.39, 0.29) is 4.90 Å². The van der Waals surface area contributed by atoms with Crippen molar-refractivity contribution in [2.24, 2.45) is 0 Å². The Hall–Kier alpha value is -2.68. The lowest BCUT2D eigenvalue weighted by atomic mass is 9.92. The highest BCUT2D eigenvalue weighted by Crippen LogP contribution is 2.60. The average Bonchev–Trinajstić information content (AvgIpc) is 2.74. The Morgan fingerprint density at radius 1 is 0.892 bits per heavy atom. The van der Waals surface area contributed by atoms with Gasteiger partial charge in [0.2, 0.25) is 0 Å². The van der Waals surface area contributed by atoms with Gasteiger partial charge < -0.3 is 10.0 Å². The van der Waals surface area contributed by atoms with E-state index >= 15 is 0 Å². The standard InChI is InChI=1S/C21H20F13NO2/c1-11(2)13-5-4-6-14(9-13)12(3)10-35(15(36)37)8-7-16(22,23)17(24,25)18(26,27)19(28,29)20(30,31)21(32,33)34/h4-6,9,12H,1,7-8,10H2,2-3H3,(H,36,37). The predicted octanol–water partition coefficient (Wildman–Crippen LogP) is 7.93. The van der Waals surface area contributed by atoms with Gasteiger partial charge in [0.25, 0.3) is 0 Å². The van der Waals surface area contributed by atoms with Crippen LogP contribution in [0.1, 0.15) is 37.3 Å². The largest absolute Gasteiger partial charge is 0.465 e.